The van der Waals surface area contributed by atoms with E-state index in [2.05, 4.69) is 23.2 Å². The lowest BCUT2D eigenvalue weighted by Gasteiger charge is -2.41. The average Bonchev–Trinajstić information content (AvgIpc) is 3.24. The SMILES string of the molecule is CC1CN([C@@H](C)C(=O)NC2(c3cccc(C#N)c3)CC2)C1. The molecule has 4 heteroatoms. The van der Waals surface area contributed by atoms with Gasteiger partial charge in [0.05, 0.1) is 23.2 Å². The molecule has 4 nitrogen and oxygen atoms in total. The summed E-state index contributed by atoms with van der Waals surface area (Å²) >= 11 is 0. The zero-order chi connectivity index (χ0) is 15.0. The van der Waals surface area contributed by atoms with E-state index in [4.69, 9.17) is 5.26 Å². The lowest BCUT2D eigenvalue weighted by molar-refractivity contribution is -0.129. The maximum Gasteiger partial charge on any atom is 0.237 e. The minimum Gasteiger partial charge on any atom is -0.345 e. The topological polar surface area (TPSA) is 56.1 Å². The number of carbonyl (C=O) groups excluding carboxylic acids is 1. The highest BCUT2D eigenvalue weighted by Crippen LogP contribution is 2.45. The lowest BCUT2D eigenvalue weighted by atomic mass is 9.99. The van der Waals surface area contributed by atoms with E-state index in [0.717, 1.165) is 31.5 Å². The van der Waals surface area contributed by atoms with Crippen molar-refractivity contribution in [2.45, 2.75) is 38.3 Å². The van der Waals surface area contributed by atoms with Gasteiger partial charge in [0.1, 0.15) is 0 Å². The molecule has 0 unspecified atom stereocenters. The van der Waals surface area contributed by atoms with Crippen LogP contribution in [0, 0.1) is 17.2 Å². The Bertz CT molecular complexity index is 594. The van der Waals surface area contributed by atoms with E-state index in [9.17, 15) is 4.79 Å². The molecule has 1 aliphatic carbocycles. The molecule has 1 saturated heterocycles. The second kappa shape index (κ2) is 5.16. The minimum absolute atomic E-state index is 0.0715. The largest absolute Gasteiger partial charge is 0.345 e. The molecule has 1 saturated carbocycles. The van der Waals surface area contributed by atoms with Crippen LogP contribution in [0.25, 0.3) is 0 Å². The third kappa shape index (κ3) is 2.66. The molecule has 110 valence electrons. The van der Waals surface area contributed by atoms with E-state index in [1.165, 1.54) is 0 Å². The van der Waals surface area contributed by atoms with Gasteiger partial charge >= 0.3 is 0 Å². The Labute approximate surface area is 125 Å². The van der Waals surface area contributed by atoms with Crippen molar-refractivity contribution in [3.05, 3.63) is 35.4 Å². The third-order valence-electron chi connectivity index (χ3n) is 4.68. The molecular formula is C17H21N3O. The smallest absolute Gasteiger partial charge is 0.237 e. The molecule has 0 spiro atoms. The van der Waals surface area contributed by atoms with E-state index >= 15 is 0 Å². The number of benzene rings is 1. The zero-order valence-corrected chi connectivity index (χ0v) is 12.6. The molecule has 1 heterocycles. The van der Waals surface area contributed by atoms with Crippen LogP contribution in [0.5, 0.6) is 0 Å². The van der Waals surface area contributed by atoms with Crippen molar-refractivity contribution in [1.29, 1.82) is 5.26 Å². The van der Waals surface area contributed by atoms with Crippen LogP contribution < -0.4 is 5.32 Å². The van der Waals surface area contributed by atoms with E-state index in [1.54, 1.807) is 6.07 Å². The number of hydrogen-bond acceptors (Lipinski definition) is 3. The standard InChI is InChI=1S/C17H21N3O/c1-12-10-20(11-12)13(2)16(21)19-17(6-7-17)15-5-3-4-14(8-15)9-18/h3-5,8,12-13H,6-7,10-11H2,1-2H3,(H,19,21)/t13-/m0/s1. The van der Waals surface area contributed by atoms with E-state index in [-0.39, 0.29) is 17.5 Å². The summed E-state index contributed by atoms with van der Waals surface area (Å²) in [5.41, 5.74) is 1.46. The quantitative estimate of drug-likeness (QED) is 0.919. The van der Waals surface area contributed by atoms with Gasteiger partial charge in [-0.2, -0.15) is 5.26 Å². The summed E-state index contributed by atoms with van der Waals surface area (Å²) in [4.78, 5) is 14.7. The average molecular weight is 283 g/mol. The monoisotopic (exact) mass is 283 g/mol. The van der Waals surface area contributed by atoms with Gasteiger partial charge in [-0.15, -0.1) is 0 Å². The van der Waals surface area contributed by atoms with Gasteiger partial charge in [0.25, 0.3) is 0 Å². The zero-order valence-electron chi connectivity index (χ0n) is 12.6. The molecule has 1 amide bonds. The Morgan fingerprint density at radius 1 is 1.48 bits per heavy atom. The van der Waals surface area contributed by atoms with Gasteiger partial charge in [-0.3, -0.25) is 9.69 Å². The first-order valence-electron chi connectivity index (χ1n) is 7.61. The summed E-state index contributed by atoms with van der Waals surface area (Å²) in [7, 11) is 0. The Hall–Kier alpha value is -1.86. The number of nitriles is 1. The predicted molar refractivity (Wildman–Crippen MR) is 80.4 cm³/mol. The summed E-state index contributed by atoms with van der Waals surface area (Å²) < 4.78 is 0. The minimum atomic E-state index is -0.241. The van der Waals surface area contributed by atoms with Crippen molar-refractivity contribution < 1.29 is 4.79 Å². The maximum absolute atomic E-state index is 12.4. The molecule has 1 aromatic rings. The first-order valence-corrected chi connectivity index (χ1v) is 7.61. The van der Waals surface area contributed by atoms with Crippen LogP contribution in [-0.2, 0) is 10.3 Å². The third-order valence-corrected chi connectivity index (χ3v) is 4.68. The fraction of sp³-hybridized carbons (Fsp3) is 0.529. The number of hydrogen-bond donors (Lipinski definition) is 1. The molecule has 0 aromatic heterocycles. The fourth-order valence-corrected chi connectivity index (χ4v) is 3.07. The Morgan fingerprint density at radius 2 is 2.19 bits per heavy atom. The van der Waals surface area contributed by atoms with Crippen LogP contribution in [0.15, 0.2) is 24.3 Å². The number of likely N-dealkylation sites (tertiary alicyclic amines) is 1. The van der Waals surface area contributed by atoms with Gasteiger partial charge < -0.3 is 5.32 Å². The Balaban J connectivity index is 1.69. The molecule has 1 atom stereocenters. The highest BCUT2D eigenvalue weighted by Gasteiger charge is 2.47. The highest BCUT2D eigenvalue weighted by molar-refractivity contribution is 5.82. The Kier molecular flexibility index (Phi) is 3.46. The van der Waals surface area contributed by atoms with Crippen molar-refractivity contribution in [2.75, 3.05) is 13.1 Å². The second-order valence-corrected chi connectivity index (χ2v) is 6.50. The number of nitrogens with one attached hydrogen (secondary N) is 1. The number of amides is 1. The fourth-order valence-electron chi connectivity index (χ4n) is 3.07. The molecule has 2 aliphatic rings. The maximum atomic E-state index is 12.4. The number of carbonyl (C=O) groups is 1. The van der Waals surface area contributed by atoms with Crippen LogP contribution in [0.4, 0.5) is 0 Å². The van der Waals surface area contributed by atoms with Crippen molar-refractivity contribution in [1.82, 2.24) is 10.2 Å². The lowest BCUT2D eigenvalue weighted by Crippen LogP contribution is -2.56. The van der Waals surface area contributed by atoms with Gasteiger partial charge in [-0.05, 0) is 43.4 Å². The summed E-state index contributed by atoms with van der Waals surface area (Å²) in [5, 5.41) is 12.2. The van der Waals surface area contributed by atoms with Gasteiger partial charge in [-0.25, -0.2) is 0 Å². The van der Waals surface area contributed by atoms with Crippen molar-refractivity contribution in [3.63, 3.8) is 0 Å². The number of nitrogens with zero attached hydrogens (tertiary/aromatic N) is 2. The normalized spacial score (nSPS) is 22.0. The summed E-state index contributed by atoms with van der Waals surface area (Å²) in [6.45, 7) is 6.19. The second-order valence-electron chi connectivity index (χ2n) is 6.50. The van der Waals surface area contributed by atoms with Crippen molar-refractivity contribution in [3.8, 4) is 6.07 Å². The molecule has 0 radical (unpaired) electrons. The molecule has 1 aromatic carbocycles. The van der Waals surface area contributed by atoms with Crippen LogP contribution >= 0.6 is 0 Å². The molecule has 1 aliphatic heterocycles. The predicted octanol–water partition coefficient (Wildman–Crippen LogP) is 2.00. The van der Waals surface area contributed by atoms with Gasteiger partial charge in [0.2, 0.25) is 5.91 Å². The first-order chi connectivity index (χ1) is 10.0. The van der Waals surface area contributed by atoms with Gasteiger partial charge in [0.15, 0.2) is 0 Å². The molecule has 1 N–H and O–H groups in total. The van der Waals surface area contributed by atoms with E-state index in [1.807, 2.05) is 25.1 Å². The van der Waals surface area contributed by atoms with Crippen LogP contribution in [0.3, 0.4) is 0 Å². The molecular weight excluding hydrogens is 262 g/mol. The summed E-state index contributed by atoms with van der Waals surface area (Å²) in [5.74, 6) is 0.796. The van der Waals surface area contributed by atoms with Crippen LogP contribution in [-0.4, -0.2) is 29.9 Å². The number of rotatable bonds is 4. The summed E-state index contributed by atoms with van der Waals surface area (Å²) in [6, 6.07) is 9.68. The van der Waals surface area contributed by atoms with Gasteiger partial charge in [0, 0.05) is 13.1 Å². The van der Waals surface area contributed by atoms with E-state index in [0.29, 0.717) is 11.5 Å². The molecule has 2 fully saturated rings. The summed E-state index contributed by atoms with van der Waals surface area (Å²) in [6.07, 6.45) is 1.91. The molecule has 0 bridgehead atoms. The van der Waals surface area contributed by atoms with Crippen LogP contribution in [0.2, 0.25) is 0 Å². The van der Waals surface area contributed by atoms with E-state index < -0.39 is 0 Å². The molecule has 21 heavy (non-hydrogen) atoms. The van der Waals surface area contributed by atoms with Crippen molar-refractivity contribution >= 4 is 5.91 Å². The molecule has 3 rings (SSSR count). The Morgan fingerprint density at radius 3 is 2.76 bits per heavy atom. The van der Waals surface area contributed by atoms with Crippen molar-refractivity contribution in [2.24, 2.45) is 5.92 Å². The first kappa shape index (κ1) is 14.1. The van der Waals surface area contributed by atoms with Gasteiger partial charge in [-0.1, -0.05) is 19.1 Å². The van der Waals surface area contributed by atoms with Crippen LogP contribution in [0.1, 0.15) is 37.8 Å². The highest BCUT2D eigenvalue weighted by atomic mass is 16.2.